The monoisotopic (exact) mass is 273 g/mol. The number of piperidine rings is 1. The van der Waals surface area contributed by atoms with Crippen molar-refractivity contribution in [3.05, 3.63) is 23.3 Å². The minimum absolute atomic E-state index is 0.0116. The third-order valence-electron chi connectivity index (χ3n) is 3.63. The van der Waals surface area contributed by atoms with Crippen LogP contribution < -0.4 is 14.8 Å². The van der Waals surface area contributed by atoms with Gasteiger partial charge < -0.3 is 14.8 Å². The van der Waals surface area contributed by atoms with Crippen LogP contribution in [0.5, 0.6) is 11.5 Å². The normalized spacial score (nSPS) is 19.7. The Morgan fingerprint density at radius 1 is 1.05 bits per heavy atom. The zero-order valence-corrected chi connectivity index (χ0v) is 10.2. The molecule has 2 heterocycles. The van der Waals surface area contributed by atoms with Gasteiger partial charge in [-0.1, -0.05) is 0 Å². The standard InChI is InChI=1S/C13H14F3NO2/c14-13(15,16)10-6-12-11(18-7-19-12)5-9(10)8-1-3-17-4-2-8/h5-6,8,17H,1-4,7H2. The Morgan fingerprint density at radius 2 is 1.68 bits per heavy atom. The van der Waals surface area contributed by atoms with Crippen molar-refractivity contribution in [1.82, 2.24) is 5.32 Å². The summed E-state index contributed by atoms with van der Waals surface area (Å²) in [5, 5.41) is 3.16. The smallest absolute Gasteiger partial charge is 0.416 e. The molecule has 2 aliphatic heterocycles. The summed E-state index contributed by atoms with van der Waals surface area (Å²) in [7, 11) is 0. The van der Waals surface area contributed by atoms with Gasteiger partial charge in [-0.25, -0.2) is 0 Å². The maximum absolute atomic E-state index is 13.2. The maximum atomic E-state index is 13.2. The van der Waals surface area contributed by atoms with E-state index in [1.807, 2.05) is 0 Å². The number of ether oxygens (including phenoxy) is 2. The van der Waals surface area contributed by atoms with E-state index in [0.717, 1.165) is 19.2 Å². The highest BCUT2D eigenvalue weighted by molar-refractivity contribution is 5.51. The topological polar surface area (TPSA) is 30.5 Å². The average Bonchev–Trinajstić information content (AvgIpc) is 2.84. The number of benzene rings is 1. The molecule has 1 saturated heterocycles. The molecule has 0 amide bonds. The highest BCUT2D eigenvalue weighted by Crippen LogP contribution is 2.44. The van der Waals surface area contributed by atoms with Gasteiger partial charge >= 0.3 is 6.18 Å². The SMILES string of the molecule is FC(F)(F)c1cc2c(cc1C1CCNCC1)OCO2. The number of alkyl halides is 3. The van der Waals surface area contributed by atoms with Gasteiger partial charge in [-0.3, -0.25) is 0 Å². The van der Waals surface area contributed by atoms with Gasteiger partial charge in [-0.2, -0.15) is 13.2 Å². The van der Waals surface area contributed by atoms with Crippen LogP contribution in [0.4, 0.5) is 13.2 Å². The highest BCUT2D eigenvalue weighted by Gasteiger charge is 2.37. The summed E-state index contributed by atoms with van der Waals surface area (Å²) >= 11 is 0. The first-order valence-corrected chi connectivity index (χ1v) is 6.27. The van der Waals surface area contributed by atoms with Crippen LogP contribution in [0.15, 0.2) is 12.1 Å². The Morgan fingerprint density at radius 3 is 2.32 bits per heavy atom. The van der Waals surface area contributed by atoms with Crippen molar-refractivity contribution >= 4 is 0 Å². The number of hydrogen-bond acceptors (Lipinski definition) is 3. The largest absolute Gasteiger partial charge is 0.454 e. The molecule has 6 heteroatoms. The van der Waals surface area contributed by atoms with E-state index in [9.17, 15) is 13.2 Å². The molecule has 0 spiro atoms. The molecular weight excluding hydrogens is 259 g/mol. The molecule has 1 N–H and O–H groups in total. The fraction of sp³-hybridized carbons (Fsp3) is 0.538. The first-order chi connectivity index (χ1) is 9.05. The summed E-state index contributed by atoms with van der Waals surface area (Å²) in [6.45, 7) is 1.48. The van der Waals surface area contributed by atoms with Crippen molar-refractivity contribution in [3.8, 4) is 11.5 Å². The van der Waals surface area contributed by atoms with Crippen LogP contribution in [0.2, 0.25) is 0 Å². The van der Waals surface area contributed by atoms with Crippen LogP contribution in [0.1, 0.15) is 29.9 Å². The van der Waals surface area contributed by atoms with Crippen LogP contribution in [0.3, 0.4) is 0 Å². The van der Waals surface area contributed by atoms with Crippen molar-refractivity contribution in [1.29, 1.82) is 0 Å². The minimum atomic E-state index is -4.36. The molecule has 0 aromatic heterocycles. The first kappa shape index (κ1) is 12.6. The number of rotatable bonds is 1. The number of halogens is 3. The third-order valence-corrected chi connectivity index (χ3v) is 3.63. The quantitative estimate of drug-likeness (QED) is 0.853. The van der Waals surface area contributed by atoms with E-state index in [-0.39, 0.29) is 18.5 Å². The predicted molar refractivity (Wildman–Crippen MR) is 62.4 cm³/mol. The minimum Gasteiger partial charge on any atom is -0.454 e. The van der Waals surface area contributed by atoms with E-state index in [1.54, 1.807) is 0 Å². The Hall–Kier alpha value is -1.43. The third kappa shape index (κ3) is 2.36. The summed E-state index contributed by atoms with van der Waals surface area (Å²) in [6.07, 6.45) is -2.94. The Labute approximate surface area is 108 Å². The van der Waals surface area contributed by atoms with Crippen LogP contribution in [0, 0.1) is 0 Å². The molecule has 0 radical (unpaired) electrons. The van der Waals surface area contributed by atoms with Crippen LogP contribution in [0.25, 0.3) is 0 Å². The van der Waals surface area contributed by atoms with Gasteiger partial charge in [0.15, 0.2) is 11.5 Å². The van der Waals surface area contributed by atoms with Crippen LogP contribution >= 0.6 is 0 Å². The molecule has 0 aliphatic carbocycles. The van der Waals surface area contributed by atoms with Gasteiger partial charge in [-0.05, 0) is 49.5 Å². The van der Waals surface area contributed by atoms with Gasteiger partial charge in [-0.15, -0.1) is 0 Å². The van der Waals surface area contributed by atoms with Crippen molar-refractivity contribution in [2.24, 2.45) is 0 Å². The van der Waals surface area contributed by atoms with Gasteiger partial charge in [0.1, 0.15) is 0 Å². The predicted octanol–water partition coefficient (Wildman–Crippen LogP) is 2.90. The molecule has 0 saturated carbocycles. The second-order valence-corrected chi connectivity index (χ2v) is 4.81. The van der Waals surface area contributed by atoms with E-state index >= 15 is 0 Å². The lowest BCUT2D eigenvalue weighted by Gasteiger charge is -2.26. The molecule has 1 fully saturated rings. The first-order valence-electron chi connectivity index (χ1n) is 6.27. The van der Waals surface area contributed by atoms with Crippen molar-refractivity contribution < 1.29 is 22.6 Å². The molecule has 3 rings (SSSR count). The van der Waals surface area contributed by atoms with E-state index in [1.165, 1.54) is 6.07 Å². The second kappa shape index (κ2) is 4.59. The summed E-state index contributed by atoms with van der Waals surface area (Å²) in [5.74, 6) is 0.527. The van der Waals surface area contributed by atoms with E-state index in [2.05, 4.69) is 5.32 Å². The summed E-state index contributed by atoms with van der Waals surface area (Å²) in [6, 6.07) is 2.57. The van der Waals surface area contributed by atoms with Gasteiger partial charge in [0.2, 0.25) is 6.79 Å². The zero-order chi connectivity index (χ0) is 13.5. The molecular formula is C13H14F3NO2. The number of hydrogen-bond donors (Lipinski definition) is 1. The molecule has 0 atom stereocenters. The average molecular weight is 273 g/mol. The second-order valence-electron chi connectivity index (χ2n) is 4.81. The molecule has 3 nitrogen and oxygen atoms in total. The van der Waals surface area contributed by atoms with Gasteiger partial charge in [0, 0.05) is 0 Å². The van der Waals surface area contributed by atoms with Gasteiger partial charge in [0.05, 0.1) is 5.56 Å². The summed E-state index contributed by atoms with van der Waals surface area (Å²) in [4.78, 5) is 0. The molecule has 104 valence electrons. The Balaban J connectivity index is 2.05. The lowest BCUT2D eigenvalue weighted by Crippen LogP contribution is -2.27. The van der Waals surface area contributed by atoms with E-state index < -0.39 is 11.7 Å². The molecule has 0 unspecified atom stereocenters. The molecule has 19 heavy (non-hydrogen) atoms. The number of fused-ring (bicyclic) bond motifs is 1. The van der Waals surface area contributed by atoms with Crippen molar-refractivity contribution in [3.63, 3.8) is 0 Å². The zero-order valence-electron chi connectivity index (χ0n) is 10.2. The van der Waals surface area contributed by atoms with Crippen LogP contribution in [-0.4, -0.2) is 19.9 Å². The van der Waals surface area contributed by atoms with Crippen LogP contribution in [-0.2, 0) is 6.18 Å². The maximum Gasteiger partial charge on any atom is 0.416 e. The fourth-order valence-corrected chi connectivity index (χ4v) is 2.67. The van der Waals surface area contributed by atoms with Crippen molar-refractivity contribution in [2.75, 3.05) is 19.9 Å². The summed E-state index contributed by atoms with van der Waals surface area (Å²) in [5.41, 5.74) is -0.262. The Bertz CT molecular complexity index is 482. The summed E-state index contributed by atoms with van der Waals surface area (Å²) < 4.78 is 49.7. The molecule has 0 bridgehead atoms. The lowest BCUT2D eigenvalue weighted by molar-refractivity contribution is -0.138. The molecule has 1 aromatic rings. The lowest BCUT2D eigenvalue weighted by atomic mass is 9.86. The van der Waals surface area contributed by atoms with Crippen molar-refractivity contribution in [2.45, 2.75) is 24.9 Å². The fourth-order valence-electron chi connectivity index (χ4n) is 2.67. The highest BCUT2D eigenvalue weighted by atomic mass is 19.4. The molecule has 2 aliphatic rings. The number of nitrogens with one attached hydrogen (secondary N) is 1. The van der Waals surface area contributed by atoms with E-state index in [4.69, 9.17) is 9.47 Å². The van der Waals surface area contributed by atoms with E-state index in [0.29, 0.717) is 24.2 Å². The Kier molecular flexibility index (Phi) is 3.05. The van der Waals surface area contributed by atoms with Gasteiger partial charge in [0.25, 0.3) is 0 Å². The molecule has 1 aromatic carbocycles.